The molecule has 0 amide bonds. The number of hydrogen-bond acceptors (Lipinski definition) is 6. The summed E-state index contributed by atoms with van der Waals surface area (Å²) in [7, 11) is 3.32. The maximum atomic E-state index is 9.39. The molecule has 0 saturated carbocycles. The first-order chi connectivity index (χ1) is 16.1. The number of ether oxygens (including phenoxy) is 2. The van der Waals surface area contributed by atoms with E-state index in [0.717, 1.165) is 61.8 Å². The van der Waals surface area contributed by atoms with Gasteiger partial charge in [0.1, 0.15) is 0 Å². The number of allylic oxidation sites excluding steroid dienone is 3. The lowest BCUT2D eigenvalue weighted by molar-refractivity contribution is 0.277. The third-order valence-corrected chi connectivity index (χ3v) is 6.59. The number of nitrogens with one attached hydrogen (secondary N) is 1. The summed E-state index contributed by atoms with van der Waals surface area (Å²) in [6, 6.07) is 6.62. The number of likely N-dealkylation sites (tertiary alicyclic amines) is 1. The van der Waals surface area contributed by atoms with Gasteiger partial charge < -0.3 is 19.7 Å². The van der Waals surface area contributed by atoms with Crippen LogP contribution in [0.5, 0.6) is 11.5 Å². The van der Waals surface area contributed by atoms with Crippen molar-refractivity contribution in [2.45, 2.75) is 45.1 Å². The van der Waals surface area contributed by atoms with Crippen molar-refractivity contribution in [2.75, 3.05) is 32.6 Å². The minimum absolute atomic E-state index is 0.338. The summed E-state index contributed by atoms with van der Waals surface area (Å²) < 4.78 is 11.1. The van der Waals surface area contributed by atoms with Crippen molar-refractivity contribution >= 4 is 16.6 Å². The first-order valence-electron chi connectivity index (χ1n) is 11.4. The Morgan fingerprint density at radius 3 is 2.61 bits per heavy atom. The Kier molecular flexibility index (Phi) is 6.75. The summed E-state index contributed by atoms with van der Waals surface area (Å²) in [5, 5.41) is 14.3. The number of fused-ring (bicyclic) bond motifs is 2. The summed E-state index contributed by atoms with van der Waals surface area (Å²) in [5.41, 5.74) is 6.23. The van der Waals surface area contributed by atoms with Gasteiger partial charge in [0.15, 0.2) is 11.5 Å². The lowest BCUT2D eigenvalue weighted by Gasteiger charge is -2.35. The SMILES string of the molecule is C#C/C=C\C(=C(/C)C#N)N1CCC(Nc2c3c(nc4cc(OC)c(OC)cc24)CCC3)CC1. The number of hydrogen-bond donors (Lipinski definition) is 1. The molecule has 4 rings (SSSR count). The van der Waals surface area contributed by atoms with Crippen molar-refractivity contribution in [1.82, 2.24) is 9.88 Å². The predicted molar refractivity (Wildman–Crippen MR) is 131 cm³/mol. The molecule has 6 nitrogen and oxygen atoms in total. The Bertz CT molecular complexity index is 1190. The van der Waals surface area contributed by atoms with E-state index in [1.807, 2.05) is 25.1 Å². The van der Waals surface area contributed by atoms with E-state index in [0.29, 0.717) is 23.1 Å². The number of benzene rings is 1. The molecule has 1 saturated heterocycles. The predicted octanol–water partition coefficient (Wildman–Crippen LogP) is 4.60. The van der Waals surface area contributed by atoms with Crippen LogP contribution in [-0.4, -0.2) is 43.2 Å². The molecule has 6 heteroatoms. The van der Waals surface area contributed by atoms with Gasteiger partial charge in [0.05, 0.1) is 31.5 Å². The third-order valence-electron chi connectivity index (χ3n) is 6.59. The molecule has 0 bridgehead atoms. The second-order valence-electron chi connectivity index (χ2n) is 8.52. The lowest BCUT2D eigenvalue weighted by atomic mass is 10.00. The number of piperidine rings is 1. The monoisotopic (exact) mass is 442 g/mol. The molecular formula is C27H30N4O2. The fraction of sp³-hybridized carbons (Fsp3) is 0.407. The average molecular weight is 443 g/mol. The highest BCUT2D eigenvalue weighted by Gasteiger charge is 2.26. The quantitative estimate of drug-likeness (QED) is 0.400. The van der Waals surface area contributed by atoms with Crippen LogP contribution in [0.3, 0.4) is 0 Å². The molecular weight excluding hydrogens is 412 g/mol. The van der Waals surface area contributed by atoms with Gasteiger partial charge in [-0.05, 0) is 62.8 Å². The molecule has 2 heterocycles. The molecule has 33 heavy (non-hydrogen) atoms. The van der Waals surface area contributed by atoms with Crippen molar-refractivity contribution in [3.05, 3.63) is 46.8 Å². The number of pyridine rings is 1. The smallest absolute Gasteiger partial charge is 0.162 e. The van der Waals surface area contributed by atoms with Crippen LogP contribution in [-0.2, 0) is 12.8 Å². The summed E-state index contributed by atoms with van der Waals surface area (Å²) >= 11 is 0. The van der Waals surface area contributed by atoms with Crippen molar-refractivity contribution < 1.29 is 9.47 Å². The topological polar surface area (TPSA) is 70.4 Å². The second kappa shape index (κ2) is 9.88. The number of aromatic nitrogens is 1. The molecule has 0 radical (unpaired) electrons. The number of nitrogens with zero attached hydrogens (tertiary/aromatic N) is 3. The van der Waals surface area contributed by atoms with Crippen molar-refractivity contribution in [3.8, 4) is 29.9 Å². The molecule has 2 aliphatic rings. The van der Waals surface area contributed by atoms with Crippen LogP contribution < -0.4 is 14.8 Å². The van der Waals surface area contributed by atoms with E-state index in [1.54, 1.807) is 20.3 Å². The van der Waals surface area contributed by atoms with Crippen LogP contribution in [0.25, 0.3) is 10.9 Å². The van der Waals surface area contributed by atoms with Crippen molar-refractivity contribution in [3.63, 3.8) is 0 Å². The van der Waals surface area contributed by atoms with Crippen LogP contribution in [0.15, 0.2) is 35.6 Å². The zero-order valence-electron chi connectivity index (χ0n) is 19.6. The molecule has 170 valence electrons. The standard InChI is InChI=1S/C27H30N4O2/c1-5-6-10-24(18(2)17-28)31-13-11-19(12-14-31)29-27-20-8-7-9-22(20)30-23-16-26(33-4)25(32-3)15-21(23)27/h1,6,10,15-16,19H,7-9,11-14H2,2-4H3,(H,29,30)/b10-6-,24-18-. The van der Waals surface area contributed by atoms with Crippen molar-refractivity contribution in [1.29, 1.82) is 5.26 Å². The fourth-order valence-corrected chi connectivity index (χ4v) is 4.88. The fourth-order valence-electron chi connectivity index (χ4n) is 4.88. The first-order valence-corrected chi connectivity index (χ1v) is 11.4. The van der Waals surface area contributed by atoms with Gasteiger partial charge in [0, 0.05) is 47.5 Å². The normalized spacial score (nSPS) is 16.8. The molecule has 1 aliphatic carbocycles. The lowest BCUT2D eigenvalue weighted by Crippen LogP contribution is -2.38. The first kappa shape index (κ1) is 22.6. The Morgan fingerprint density at radius 1 is 1.21 bits per heavy atom. The molecule has 0 unspecified atom stereocenters. The number of nitriles is 1. The molecule has 1 aliphatic heterocycles. The highest BCUT2D eigenvalue weighted by atomic mass is 16.5. The van der Waals surface area contributed by atoms with Crippen LogP contribution in [0.4, 0.5) is 5.69 Å². The van der Waals surface area contributed by atoms with Crippen LogP contribution >= 0.6 is 0 Å². The summed E-state index contributed by atoms with van der Waals surface area (Å²) in [6.45, 7) is 3.57. The molecule has 2 aromatic rings. The van der Waals surface area contributed by atoms with Gasteiger partial charge in [-0.2, -0.15) is 5.26 Å². The molecule has 1 aromatic heterocycles. The van der Waals surface area contributed by atoms with Crippen LogP contribution in [0.2, 0.25) is 0 Å². The highest BCUT2D eigenvalue weighted by Crippen LogP contribution is 2.40. The molecule has 1 aromatic carbocycles. The minimum atomic E-state index is 0.338. The minimum Gasteiger partial charge on any atom is -0.493 e. The number of methoxy groups -OCH3 is 2. The Labute approximate surface area is 195 Å². The number of terminal acetylenes is 1. The summed E-state index contributed by atoms with van der Waals surface area (Å²) in [5.74, 6) is 3.94. The van der Waals surface area contributed by atoms with E-state index in [4.69, 9.17) is 20.9 Å². The van der Waals surface area contributed by atoms with Crippen molar-refractivity contribution in [2.24, 2.45) is 0 Å². The molecule has 1 N–H and O–H groups in total. The number of aryl methyl sites for hydroxylation is 1. The third kappa shape index (κ3) is 4.47. The largest absolute Gasteiger partial charge is 0.493 e. The Balaban J connectivity index is 1.61. The van der Waals surface area contributed by atoms with Gasteiger partial charge in [0.25, 0.3) is 0 Å². The summed E-state index contributed by atoms with van der Waals surface area (Å²) in [4.78, 5) is 7.20. The number of rotatable bonds is 6. The van der Waals surface area contributed by atoms with E-state index < -0.39 is 0 Å². The zero-order valence-corrected chi connectivity index (χ0v) is 19.6. The van der Waals surface area contributed by atoms with Gasteiger partial charge in [-0.3, -0.25) is 4.98 Å². The summed E-state index contributed by atoms with van der Waals surface area (Å²) in [6.07, 6.45) is 14.0. The average Bonchev–Trinajstić information content (AvgIpc) is 3.32. The van der Waals surface area contributed by atoms with E-state index in [1.165, 1.54) is 16.9 Å². The maximum absolute atomic E-state index is 9.39. The van der Waals surface area contributed by atoms with Gasteiger partial charge in [-0.1, -0.05) is 5.92 Å². The highest BCUT2D eigenvalue weighted by molar-refractivity contribution is 5.96. The van der Waals surface area contributed by atoms with E-state index in [2.05, 4.69) is 22.2 Å². The maximum Gasteiger partial charge on any atom is 0.162 e. The van der Waals surface area contributed by atoms with Gasteiger partial charge in [-0.25, -0.2) is 0 Å². The number of anilines is 1. The van der Waals surface area contributed by atoms with E-state index in [-0.39, 0.29) is 0 Å². The van der Waals surface area contributed by atoms with Gasteiger partial charge >= 0.3 is 0 Å². The Morgan fingerprint density at radius 2 is 1.94 bits per heavy atom. The van der Waals surface area contributed by atoms with Crippen LogP contribution in [0, 0.1) is 23.7 Å². The molecule has 0 spiro atoms. The van der Waals surface area contributed by atoms with Gasteiger partial charge in [0.2, 0.25) is 0 Å². The van der Waals surface area contributed by atoms with Crippen LogP contribution in [0.1, 0.15) is 37.4 Å². The molecule has 1 fully saturated rings. The second-order valence-corrected chi connectivity index (χ2v) is 8.52. The van der Waals surface area contributed by atoms with E-state index in [9.17, 15) is 5.26 Å². The molecule has 0 atom stereocenters. The van der Waals surface area contributed by atoms with Gasteiger partial charge in [-0.15, -0.1) is 6.42 Å². The van der Waals surface area contributed by atoms with E-state index >= 15 is 0 Å². The Hall–Kier alpha value is -3.64. The zero-order chi connectivity index (χ0) is 23.4.